The van der Waals surface area contributed by atoms with Crippen molar-refractivity contribution in [2.75, 3.05) is 6.54 Å². The monoisotopic (exact) mass is 347 g/mol. The zero-order chi connectivity index (χ0) is 16.8. The Kier molecular flexibility index (Phi) is 6.85. The van der Waals surface area contributed by atoms with E-state index < -0.39 is 0 Å². The summed E-state index contributed by atoms with van der Waals surface area (Å²) in [6.07, 6.45) is 6.55. The smallest absolute Gasteiger partial charge is 0.266 e. The first-order valence-corrected chi connectivity index (χ1v) is 9.60. The fourth-order valence-electron chi connectivity index (χ4n) is 2.52. The first-order valence-electron chi connectivity index (χ1n) is 8.38. The number of hydrogen-bond donors (Lipinski definition) is 0. The molecule has 1 heterocycles. The summed E-state index contributed by atoms with van der Waals surface area (Å²) in [6.45, 7) is 7.29. The molecule has 0 radical (unpaired) electrons. The number of thiocarbonyl (C=S) groups is 1. The van der Waals surface area contributed by atoms with Crippen molar-refractivity contribution in [3.63, 3.8) is 0 Å². The highest BCUT2D eigenvalue weighted by Crippen LogP contribution is 2.33. The molecule has 2 rings (SSSR count). The van der Waals surface area contributed by atoms with Crippen LogP contribution in [0.2, 0.25) is 0 Å². The van der Waals surface area contributed by atoms with E-state index in [9.17, 15) is 4.79 Å². The molecule has 1 fully saturated rings. The highest BCUT2D eigenvalue weighted by Gasteiger charge is 2.31. The average Bonchev–Trinajstić information content (AvgIpc) is 2.79. The molecule has 1 saturated heterocycles. The summed E-state index contributed by atoms with van der Waals surface area (Å²) in [5.41, 5.74) is 2.37. The molecule has 0 N–H and O–H groups in total. The largest absolute Gasteiger partial charge is 0.293 e. The Bertz CT molecular complexity index is 590. The molecule has 1 aromatic carbocycles. The van der Waals surface area contributed by atoms with E-state index in [0.29, 0.717) is 10.2 Å². The Morgan fingerprint density at radius 3 is 2.48 bits per heavy atom. The van der Waals surface area contributed by atoms with Crippen LogP contribution in [0.15, 0.2) is 29.2 Å². The van der Waals surface area contributed by atoms with E-state index in [1.54, 1.807) is 4.90 Å². The van der Waals surface area contributed by atoms with Gasteiger partial charge in [0, 0.05) is 6.54 Å². The summed E-state index contributed by atoms with van der Waals surface area (Å²) in [4.78, 5) is 15.0. The minimum absolute atomic E-state index is 0.0597. The van der Waals surface area contributed by atoms with Crippen LogP contribution in [0.4, 0.5) is 0 Å². The Labute approximate surface area is 149 Å². The predicted octanol–water partition coefficient (Wildman–Crippen LogP) is 5.59. The van der Waals surface area contributed by atoms with E-state index in [0.717, 1.165) is 29.9 Å². The van der Waals surface area contributed by atoms with E-state index in [2.05, 4.69) is 45.0 Å². The summed E-state index contributed by atoms with van der Waals surface area (Å²) < 4.78 is 0.691. The molecule has 0 aliphatic carbocycles. The maximum atomic E-state index is 12.5. The number of rotatable bonds is 7. The normalized spacial score (nSPS) is 16.9. The molecule has 0 aromatic heterocycles. The van der Waals surface area contributed by atoms with Gasteiger partial charge in [-0.25, -0.2) is 0 Å². The third-order valence-electron chi connectivity index (χ3n) is 4.01. The van der Waals surface area contributed by atoms with Gasteiger partial charge in [-0.15, -0.1) is 0 Å². The predicted molar refractivity (Wildman–Crippen MR) is 105 cm³/mol. The topological polar surface area (TPSA) is 20.3 Å². The second-order valence-corrected chi connectivity index (χ2v) is 7.89. The molecule has 1 aromatic rings. The molecule has 0 atom stereocenters. The Morgan fingerprint density at radius 2 is 1.87 bits per heavy atom. The van der Waals surface area contributed by atoms with Gasteiger partial charge >= 0.3 is 0 Å². The van der Waals surface area contributed by atoms with E-state index in [1.165, 1.54) is 30.2 Å². The maximum Gasteiger partial charge on any atom is 0.266 e. The first kappa shape index (κ1) is 18.2. The molecule has 0 spiro atoms. The van der Waals surface area contributed by atoms with E-state index in [-0.39, 0.29) is 5.91 Å². The standard InChI is InChI=1S/C19H25NOS2/c1-4-5-6-7-12-20-18(21)17(23-19(20)22)13-15-8-10-16(11-9-15)14(2)3/h8-11,13-14H,4-7,12H2,1-3H3. The highest BCUT2D eigenvalue weighted by molar-refractivity contribution is 8.26. The first-order chi connectivity index (χ1) is 11.0. The number of amides is 1. The Hall–Kier alpha value is -1.13. The van der Waals surface area contributed by atoms with Crippen molar-refractivity contribution in [1.29, 1.82) is 0 Å². The van der Waals surface area contributed by atoms with Gasteiger partial charge in [-0.05, 0) is 29.5 Å². The minimum Gasteiger partial charge on any atom is -0.293 e. The van der Waals surface area contributed by atoms with Gasteiger partial charge in [0.05, 0.1) is 4.91 Å². The van der Waals surface area contributed by atoms with Crippen LogP contribution in [0.3, 0.4) is 0 Å². The van der Waals surface area contributed by atoms with Crippen molar-refractivity contribution in [1.82, 2.24) is 4.90 Å². The molecule has 124 valence electrons. The summed E-state index contributed by atoms with van der Waals surface area (Å²) in [5.74, 6) is 0.579. The number of thioether (sulfide) groups is 1. The van der Waals surface area contributed by atoms with Gasteiger partial charge in [0.15, 0.2) is 0 Å². The maximum absolute atomic E-state index is 12.5. The quantitative estimate of drug-likeness (QED) is 0.364. The molecule has 1 aliphatic rings. The number of carbonyl (C=O) groups is 1. The molecule has 1 amide bonds. The number of nitrogens with zero attached hydrogens (tertiary/aromatic N) is 1. The zero-order valence-corrected chi connectivity index (χ0v) is 15.8. The molecule has 2 nitrogen and oxygen atoms in total. The summed E-state index contributed by atoms with van der Waals surface area (Å²) in [7, 11) is 0. The van der Waals surface area contributed by atoms with Gasteiger partial charge in [0.2, 0.25) is 0 Å². The second-order valence-electron chi connectivity index (χ2n) is 6.22. The van der Waals surface area contributed by atoms with Crippen molar-refractivity contribution >= 4 is 40.3 Å². The van der Waals surface area contributed by atoms with Gasteiger partial charge < -0.3 is 0 Å². The fraction of sp³-hybridized carbons (Fsp3) is 0.474. The van der Waals surface area contributed by atoms with E-state index in [1.807, 2.05) is 6.08 Å². The zero-order valence-electron chi connectivity index (χ0n) is 14.2. The van der Waals surface area contributed by atoms with Gasteiger partial charge in [-0.3, -0.25) is 9.69 Å². The van der Waals surface area contributed by atoms with Crippen molar-refractivity contribution in [2.24, 2.45) is 0 Å². The van der Waals surface area contributed by atoms with Crippen LogP contribution >= 0.6 is 24.0 Å². The number of benzene rings is 1. The Morgan fingerprint density at radius 1 is 1.17 bits per heavy atom. The number of unbranched alkanes of at least 4 members (excludes halogenated alkanes) is 3. The number of hydrogen-bond acceptors (Lipinski definition) is 3. The summed E-state index contributed by atoms with van der Waals surface area (Å²) in [5, 5.41) is 0. The van der Waals surface area contributed by atoms with Crippen molar-refractivity contribution in [3.05, 3.63) is 40.3 Å². The lowest BCUT2D eigenvalue weighted by molar-refractivity contribution is -0.122. The third-order valence-corrected chi connectivity index (χ3v) is 5.39. The Balaban J connectivity index is 2.03. The lowest BCUT2D eigenvalue weighted by Gasteiger charge is -2.13. The molecule has 0 saturated carbocycles. The lowest BCUT2D eigenvalue weighted by Crippen LogP contribution is -2.28. The summed E-state index contributed by atoms with van der Waals surface area (Å²) in [6, 6.07) is 8.40. The molecule has 4 heteroatoms. The fourth-order valence-corrected chi connectivity index (χ4v) is 3.83. The van der Waals surface area contributed by atoms with Crippen molar-refractivity contribution < 1.29 is 4.79 Å². The third kappa shape index (κ3) is 4.92. The molecular weight excluding hydrogens is 322 g/mol. The number of carbonyl (C=O) groups excluding carboxylic acids is 1. The van der Waals surface area contributed by atoms with E-state index in [4.69, 9.17) is 12.2 Å². The molecule has 1 aliphatic heterocycles. The van der Waals surface area contributed by atoms with Crippen LogP contribution in [0.25, 0.3) is 6.08 Å². The van der Waals surface area contributed by atoms with Crippen LogP contribution in [0.1, 0.15) is 63.5 Å². The van der Waals surface area contributed by atoms with Crippen LogP contribution in [-0.4, -0.2) is 21.7 Å². The van der Waals surface area contributed by atoms with Gasteiger partial charge in [0.25, 0.3) is 5.91 Å². The van der Waals surface area contributed by atoms with Crippen LogP contribution < -0.4 is 0 Å². The molecule has 23 heavy (non-hydrogen) atoms. The highest BCUT2D eigenvalue weighted by atomic mass is 32.2. The lowest BCUT2D eigenvalue weighted by atomic mass is 10.0. The molecule has 0 bridgehead atoms. The second kappa shape index (κ2) is 8.65. The van der Waals surface area contributed by atoms with Crippen LogP contribution in [-0.2, 0) is 4.79 Å². The molecule has 0 unspecified atom stereocenters. The van der Waals surface area contributed by atoms with Crippen LogP contribution in [0, 0.1) is 0 Å². The minimum atomic E-state index is 0.0597. The van der Waals surface area contributed by atoms with Gasteiger partial charge in [0.1, 0.15) is 4.32 Å². The molecular formula is C19H25NOS2. The van der Waals surface area contributed by atoms with Crippen LogP contribution in [0.5, 0.6) is 0 Å². The van der Waals surface area contributed by atoms with Gasteiger partial charge in [-0.2, -0.15) is 0 Å². The average molecular weight is 348 g/mol. The SMILES string of the molecule is CCCCCCN1C(=O)C(=Cc2ccc(C(C)C)cc2)SC1=S. The summed E-state index contributed by atoms with van der Waals surface area (Å²) >= 11 is 6.79. The van der Waals surface area contributed by atoms with Crippen molar-refractivity contribution in [3.8, 4) is 0 Å². The van der Waals surface area contributed by atoms with Crippen molar-refractivity contribution in [2.45, 2.75) is 52.4 Å². The van der Waals surface area contributed by atoms with Gasteiger partial charge in [-0.1, -0.05) is 88.3 Å². The van der Waals surface area contributed by atoms with E-state index >= 15 is 0 Å².